The number of anilines is 1. The third-order valence-electron chi connectivity index (χ3n) is 2.52. The van der Waals surface area contributed by atoms with Crippen molar-refractivity contribution in [2.24, 2.45) is 5.92 Å². The molecule has 0 saturated heterocycles. The zero-order valence-corrected chi connectivity index (χ0v) is 10.5. The molecule has 86 valence electrons. The maximum Gasteiger partial charge on any atom is 0.186 e. The zero-order valence-electron chi connectivity index (χ0n) is 8.90. The minimum atomic E-state index is -0.363. The first-order valence-corrected chi connectivity index (χ1v) is 6.19. The van der Waals surface area contributed by atoms with E-state index >= 15 is 0 Å². The Hall–Kier alpha value is -0.390. The van der Waals surface area contributed by atoms with Gasteiger partial charge in [0.15, 0.2) is 11.0 Å². The van der Waals surface area contributed by atoms with E-state index in [1.807, 2.05) is 0 Å². The van der Waals surface area contributed by atoms with Crippen LogP contribution in [0.1, 0.15) is 26.7 Å². The summed E-state index contributed by atoms with van der Waals surface area (Å²) in [5.41, 5.74) is 0. The Kier molecular flexibility index (Phi) is 5.28. The fourth-order valence-corrected chi connectivity index (χ4v) is 2.17. The van der Waals surface area contributed by atoms with Crippen molar-refractivity contribution in [2.45, 2.75) is 32.8 Å². The molecule has 0 amide bonds. The molecule has 0 aliphatic rings. The van der Waals surface area contributed by atoms with Gasteiger partial charge in [0.1, 0.15) is 0 Å². The number of nitrogens with zero attached hydrogens (tertiary/aromatic N) is 2. The van der Waals surface area contributed by atoms with Crippen LogP contribution in [0.3, 0.4) is 0 Å². The third kappa shape index (κ3) is 3.59. The average Bonchev–Trinajstić information content (AvgIpc) is 2.63. The molecule has 0 aromatic carbocycles. The first-order valence-electron chi connectivity index (χ1n) is 5.09. The van der Waals surface area contributed by atoms with Gasteiger partial charge in [0.05, 0.1) is 17.8 Å². The highest BCUT2D eigenvalue weighted by Crippen LogP contribution is 2.19. The van der Waals surface area contributed by atoms with E-state index in [1.54, 1.807) is 0 Å². The van der Waals surface area contributed by atoms with Gasteiger partial charge in [0, 0.05) is 6.54 Å². The van der Waals surface area contributed by atoms with Crippen LogP contribution in [0.15, 0.2) is 0 Å². The largest absolute Gasteiger partial charge is 0.391 e. The second-order valence-corrected chi connectivity index (χ2v) is 4.31. The first kappa shape index (κ1) is 12.7. The van der Waals surface area contributed by atoms with Crippen molar-refractivity contribution < 1.29 is 5.11 Å². The van der Waals surface area contributed by atoms with Gasteiger partial charge in [0.2, 0.25) is 0 Å². The van der Waals surface area contributed by atoms with Crippen LogP contribution >= 0.6 is 23.3 Å². The number of aromatic nitrogens is 2. The van der Waals surface area contributed by atoms with Crippen LogP contribution in [0.25, 0.3) is 0 Å². The predicted octanol–water partition coefficient (Wildman–Crippen LogP) is 2.40. The molecule has 2 N–H and O–H groups in total. The summed E-state index contributed by atoms with van der Waals surface area (Å²) in [5.74, 6) is 0.884. The molecule has 0 saturated carbocycles. The van der Waals surface area contributed by atoms with Crippen molar-refractivity contribution in [3.63, 3.8) is 0 Å². The Morgan fingerprint density at radius 1 is 1.40 bits per heavy atom. The fourth-order valence-electron chi connectivity index (χ4n) is 1.48. The van der Waals surface area contributed by atoms with Crippen LogP contribution in [-0.4, -0.2) is 26.5 Å². The SMILES string of the molecule is CCC(CC)C(O)CNc1nsnc1Cl. The molecule has 1 aromatic rings. The topological polar surface area (TPSA) is 58.0 Å². The molecule has 0 bridgehead atoms. The molecule has 1 rings (SSSR count). The van der Waals surface area contributed by atoms with Gasteiger partial charge in [-0.15, -0.1) is 0 Å². The number of aliphatic hydroxyl groups excluding tert-OH is 1. The Morgan fingerprint density at radius 3 is 2.53 bits per heavy atom. The van der Waals surface area contributed by atoms with Gasteiger partial charge in [-0.2, -0.15) is 8.75 Å². The van der Waals surface area contributed by atoms with E-state index in [-0.39, 0.29) is 6.10 Å². The Morgan fingerprint density at radius 2 is 2.07 bits per heavy atom. The molecule has 4 nitrogen and oxygen atoms in total. The fraction of sp³-hybridized carbons (Fsp3) is 0.778. The lowest BCUT2D eigenvalue weighted by molar-refractivity contribution is 0.114. The van der Waals surface area contributed by atoms with Gasteiger partial charge in [-0.05, 0) is 5.92 Å². The molecule has 0 aliphatic carbocycles. The molecule has 6 heteroatoms. The lowest BCUT2D eigenvalue weighted by Crippen LogP contribution is -2.27. The van der Waals surface area contributed by atoms with E-state index in [1.165, 1.54) is 0 Å². The summed E-state index contributed by atoms with van der Waals surface area (Å²) in [6.45, 7) is 4.63. The van der Waals surface area contributed by atoms with Crippen LogP contribution in [0.4, 0.5) is 5.82 Å². The summed E-state index contributed by atoms with van der Waals surface area (Å²) in [6, 6.07) is 0. The zero-order chi connectivity index (χ0) is 11.3. The maximum absolute atomic E-state index is 9.85. The Labute approximate surface area is 99.0 Å². The summed E-state index contributed by atoms with van der Waals surface area (Å²) < 4.78 is 7.81. The highest BCUT2D eigenvalue weighted by molar-refractivity contribution is 6.99. The van der Waals surface area contributed by atoms with Crippen molar-refractivity contribution in [3.8, 4) is 0 Å². The van der Waals surface area contributed by atoms with Gasteiger partial charge >= 0.3 is 0 Å². The molecular weight excluding hydrogens is 234 g/mol. The molecule has 1 atom stereocenters. The number of nitrogens with one attached hydrogen (secondary N) is 1. The van der Waals surface area contributed by atoms with Gasteiger partial charge in [-0.25, -0.2) is 0 Å². The predicted molar refractivity (Wildman–Crippen MR) is 63.5 cm³/mol. The number of hydrogen-bond donors (Lipinski definition) is 2. The number of rotatable bonds is 6. The van der Waals surface area contributed by atoms with Gasteiger partial charge in [-0.1, -0.05) is 38.3 Å². The van der Waals surface area contributed by atoms with E-state index < -0.39 is 0 Å². The van der Waals surface area contributed by atoms with Crippen molar-refractivity contribution in [3.05, 3.63) is 5.15 Å². The minimum absolute atomic E-state index is 0.322. The number of hydrogen-bond acceptors (Lipinski definition) is 5. The highest BCUT2D eigenvalue weighted by atomic mass is 35.5. The van der Waals surface area contributed by atoms with Crippen molar-refractivity contribution in [1.82, 2.24) is 8.75 Å². The molecule has 1 aromatic heterocycles. The molecular formula is C9H16ClN3OS. The molecule has 0 fully saturated rings. The van der Waals surface area contributed by atoms with E-state index in [9.17, 15) is 5.11 Å². The van der Waals surface area contributed by atoms with Crippen LogP contribution in [0.2, 0.25) is 5.15 Å². The summed E-state index contributed by atoms with van der Waals surface area (Å²) >= 11 is 6.82. The smallest absolute Gasteiger partial charge is 0.186 e. The normalized spacial score (nSPS) is 13.1. The van der Waals surface area contributed by atoms with Crippen molar-refractivity contribution >= 4 is 29.1 Å². The molecule has 0 spiro atoms. The summed E-state index contributed by atoms with van der Waals surface area (Å²) in [4.78, 5) is 0. The Bertz CT molecular complexity index is 291. The Balaban J connectivity index is 2.40. The number of halogens is 1. The van der Waals surface area contributed by atoms with E-state index in [4.69, 9.17) is 11.6 Å². The highest BCUT2D eigenvalue weighted by Gasteiger charge is 2.16. The van der Waals surface area contributed by atoms with Crippen molar-refractivity contribution in [2.75, 3.05) is 11.9 Å². The van der Waals surface area contributed by atoms with E-state index in [0.717, 1.165) is 24.6 Å². The maximum atomic E-state index is 9.85. The second-order valence-electron chi connectivity index (χ2n) is 3.43. The average molecular weight is 250 g/mol. The van der Waals surface area contributed by atoms with Crippen LogP contribution in [0, 0.1) is 5.92 Å². The summed E-state index contributed by atoms with van der Waals surface area (Å²) in [6.07, 6.45) is 1.59. The minimum Gasteiger partial charge on any atom is -0.391 e. The molecule has 0 aliphatic heterocycles. The molecule has 15 heavy (non-hydrogen) atoms. The monoisotopic (exact) mass is 249 g/mol. The lowest BCUT2D eigenvalue weighted by Gasteiger charge is -2.20. The van der Waals surface area contributed by atoms with Crippen LogP contribution < -0.4 is 5.32 Å². The van der Waals surface area contributed by atoms with Crippen molar-refractivity contribution in [1.29, 1.82) is 0 Å². The second kappa shape index (κ2) is 6.25. The van der Waals surface area contributed by atoms with Gasteiger partial charge in [-0.3, -0.25) is 0 Å². The third-order valence-corrected chi connectivity index (χ3v) is 3.41. The quantitative estimate of drug-likeness (QED) is 0.813. The number of aliphatic hydroxyl groups is 1. The van der Waals surface area contributed by atoms with Gasteiger partial charge in [0.25, 0.3) is 0 Å². The molecule has 1 unspecified atom stereocenters. The van der Waals surface area contributed by atoms with Crippen LogP contribution in [0.5, 0.6) is 0 Å². The standard InChI is InChI=1S/C9H16ClN3OS/c1-3-6(4-2)7(14)5-11-9-8(10)12-15-13-9/h6-7,14H,3-5H2,1-2H3,(H,11,13). The van der Waals surface area contributed by atoms with E-state index in [2.05, 4.69) is 27.9 Å². The van der Waals surface area contributed by atoms with Crippen LogP contribution in [-0.2, 0) is 0 Å². The van der Waals surface area contributed by atoms with E-state index in [0.29, 0.717) is 23.4 Å². The summed E-state index contributed by atoms with van der Waals surface area (Å²) in [5, 5.41) is 13.2. The lowest BCUT2D eigenvalue weighted by atomic mass is 9.97. The first-order chi connectivity index (χ1) is 7.19. The molecule has 0 radical (unpaired) electrons. The van der Waals surface area contributed by atoms with Gasteiger partial charge < -0.3 is 10.4 Å². The molecule has 1 heterocycles. The summed E-state index contributed by atoms with van der Waals surface area (Å²) in [7, 11) is 0.